The number of nitrogens with zero attached hydrogens (tertiary/aromatic N) is 4. The Hall–Kier alpha value is -1.91. The summed E-state index contributed by atoms with van der Waals surface area (Å²) >= 11 is 0. The van der Waals surface area contributed by atoms with Crippen molar-refractivity contribution in [3.05, 3.63) is 35.9 Å². The maximum Gasteiger partial charge on any atom is 0.0774 e. The molecule has 0 aliphatic rings. The molecule has 0 radical (unpaired) electrons. The topological polar surface area (TPSA) is 55.6 Å². The molecule has 1 N–H and O–H groups in total. The number of aromatic nitrogens is 4. The SMILES string of the molecule is Cc1ccc(NCc2cnnn2C)cn1. The number of rotatable bonds is 3. The molecular weight excluding hydrogens is 190 g/mol. The van der Waals surface area contributed by atoms with Gasteiger partial charge in [0.15, 0.2) is 0 Å². The van der Waals surface area contributed by atoms with E-state index in [1.54, 1.807) is 10.9 Å². The fraction of sp³-hybridized carbons (Fsp3) is 0.300. The molecule has 0 unspecified atom stereocenters. The van der Waals surface area contributed by atoms with Gasteiger partial charge in [-0.05, 0) is 19.1 Å². The minimum atomic E-state index is 0.703. The summed E-state index contributed by atoms with van der Waals surface area (Å²) in [5, 5.41) is 10.9. The van der Waals surface area contributed by atoms with Crippen LogP contribution in [0.1, 0.15) is 11.4 Å². The zero-order valence-electron chi connectivity index (χ0n) is 8.81. The zero-order valence-corrected chi connectivity index (χ0v) is 8.81. The minimum absolute atomic E-state index is 0.703. The van der Waals surface area contributed by atoms with Crippen LogP contribution in [0.3, 0.4) is 0 Å². The first-order chi connectivity index (χ1) is 7.25. The Labute approximate surface area is 88.1 Å². The summed E-state index contributed by atoms with van der Waals surface area (Å²) in [5.74, 6) is 0. The molecule has 78 valence electrons. The summed E-state index contributed by atoms with van der Waals surface area (Å²) in [6, 6.07) is 3.98. The van der Waals surface area contributed by atoms with Crippen molar-refractivity contribution in [3.8, 4) is 0 Å². The van der Waals surface area contributed by atoms with Gasteiger partial charge >= 0.3 is 0 Å². The summed E-state index contributed by atoms with van der Waals surface area (Å²) in [6.07, 6.45) is 3.56. The molecule has 0 atom stereocenters. The van der Waals surface area contributed by atoms with Gasteiger partial charge < -0.3 is 5.32 Å². The molecule has 0 aromatic carbocycles. The second kappa shape index (κ2) is 4.08. The number of hydrogen-bond donors (Lipinski definition) is 1. The van der Waals surface area contributed by atoms with E-state index in [0.717, 1.165) is 17.1 Å². The second-order valence-electron chi connectivity index (χ2n) is 3.39. The normalized spacial score (nSPS) is 10.3. The van der Waals surface area contributed by atoms with Crippen molar-refractivity contribution in [2.45, 2.75) is 13.5 Å². The van der Waals surface area contributed by atoms with Gasteiger partial charge in [-0.1, -0.05) is 5.21 Å². The largest absolute Gasteiger partial charge is 0.378 e. The van der Waals surface area contributed by atoms with E-state index in [1.807, 2.05) is 32.3 Å². The predicted octanol–water partition coefficient (Wildman–Crippen LogP) is 1.13. The van der Waals surface area contributed by atoms with Crippen molar-refractivity contribution in [3.63, 3.8) is 0 Å². The van der Waals surface area contributed by atoms with Crippen LogP contribution in [-0.2, 0) is 13.6 Å². The molecular formula is C10H13N5. The lowest BCUT2D eigenvalue weighted by atomic mass is 10.3. The van der Waals surface area contributed by atoms with Gasteiger partial charge in [0.2, 0.25) is 0 Å². The maximum atomic E-state index is 4.20. The summed E-state index contributed by atoms with van der Waals surface area (Å²) in [6.45, 7) is 2.67. The standard InChI is InChI=1S/C10H13N5/c1-8-3-4-9(5-11-8)12-6-10-7-13-14-15(10)2/h3-5,7,12H,6H2,1-2H3. The van der Waals surface area contributed by atoms with Crippen LogP contribution in [0.25, 0.3) is 0 Å². The zero-order chi connectivity index (χ0) is 10.7. The van der Waals surface area contributed by atoms with Crippen molar-refractivity contribution in [2.24, 2.45) is 7.05 Å². The van der Waals surface area contributed by atoms with Crippen molar-refractivity contribution in [1.82, 2.24) is 20.0 Å². The highest BCUT2D eigenvalue weighted by atomic mass is 15.4. The molecule has 2 heterocycles. The molecule has 0 aliphatic heterocycles. The maximum absolute atomic E-state index is 4.20. The first-order valence-corrected chi connectivity index (χ1v) is 4.76. The van der Waals surface area contributed by atoms with Gasteiger partial charge in [0, 0.05) is 12.7 Å². The minimum Gasteiger partial charge on any atom is -0.378 e. The van der Waals surface area contributed by atoms with Gasteiger partial charge in [0.25, 0.3) is 0 Å². The second-order valence-corrected chi connectivity index (χ2v) is 3.39. The Morgan fingerprint density at radius 1 is 1.33 bits per heavy atom. The van der Waals surface area contributed by atoms with E-state index in [1.165, 1.54) is 0 Å². The van der Waals surface area contributed by atoms with Crippen molar-refractivity contribution in [1.29, 1.82) is 0 Å². The summed E-state index contributed by atoms with van der Waals surface area (Å²) in [4.78, 5) is 4.20. The summed E-state index contributed by atoms with van der Waals surface area (Å²) in [7, 11) is 1.87. The first-order valence-electron chi connectivity index (χ1n) is 4.76. The van der Waals surface area contributed by atoms with Crippen LogP contribution < -0.4 is 5.32 Å². The van der Waals surface area contributed by atoms with Gasteiger partial charge in [-0.25, -0.2) is 0 Å². The van der Waals surface area contributed by atoms with E-state index in [-0.39, 0.29) is 0 Å². The van der Waals surface area contributed by atoms with Gasteiger partial charge in [-0.15, -0.1) is 5.10 Å². The Bertz CT molecular complexity index is 431. The highest BCUT2D eigenvalue weighted by Crippen LogP contribution is 2.07. The third-order valence-corrected chi connectivity index (χ3v) is 2.19. The molecule has 0 aliphatic carbocycles. The van der Waals surface area contributed by atoms with E-state index in [9.17, 15) is 0 Å². The molecule has 0 bridgehead atoms. The molecule has 0 amide bonds. The fourth-order valence-electron chi connectivity index (χ4n) is 1.24. The van der Waals surface area contributed by atoms with Crippen LogP contribution in [0.15, 0.2) is 24.5 Å². The van der Waals surface area contributed by atoms with Crippen molar-refractivity contribution in [2.75, 3.05) is 5.32 Å². The molecule has 15 heavy (non-hydrogen) atoms. The number of hydrogen-bond acceptors (Lipinski definition) is 4. The van der Waals surface area contributed by atoms with E-state index < -0.39 is 0 Å². The smallest absolute Gasteiger partial charge is 0.0774 e. The average molecular weight is 203 g/mol. The van der Waals surface area contributed by atoms with Gasteiger partial charge in [0.05, 0.1) is 30.3 Å². The highest BCUT2D eigenvalue weighted by Gasteiger charge is 1.99. The summed E-state index contributed by atoms with van der Waals surface area (Å²) in [5.41, 5.74) is 3.06. The Balaban J connectivity index is 1.99. The number of pyridine rings is 1. The lowest BCUT2D eigenvalue weighted by Gasteiger charge is -2.05. The Morgan fingerprint density at radius 3 is 2.80 bits per heavy atom. The van der Waals surface area contributed by atoms with Crippen LogP contribution in [0.5, 0.6) is 0 Å². The molecule has 2 aromatic rings. The van der Waals surface area contributed by atoms with Crippen LogP contribution in [0.2, 0.25) is 0 Å². The third kappa shape index (κ3) is 2.31. The van der Waals surface area contributed by atoms with E-state index in [0.29, 0.717) is 6.54 Å². The molecule has 5 heteroatoms. The molecule has 0 saturated carbocycles. The lowest BCUT2D eigenvalue weighted by Crippen LogP contribution is -2.05. The molecule has 0 saturated heterocycles. The Morgan fingerprint density at radius 2 is 2.20 bits per heavy atom. The van der Waals surface area contributed by atoms with Crippen LogP contribution >= 0.6 is 0 Å². The number of aryl methyl sites for hydroxylation is 2. The van der Waals surface area contributed by atoms with Crippen molar-refractivity contribution < 1.29 is 0 Å². The summed E-state index contributed by atoms with van der Waals surface area (Å²) < 4.78 is 1.74. The monoisotopic (exact) mass is 203 g/mol. The molecule has 5 nitrogen and oxygen atoms in total. The molecule has 0 fully saturated rings. The van der Waals surface area contributed by atoms with Gasteiger partial charge in [0.1, 0.15) is 0 Å². The van der Waals surface area contributed by atoms with Crippen LogP contribution in [0.4, 0.5) is 5.69 Å². The lowest BCUT2D eigenvalue weighted by molar-refractivity contribution is 0.683. The predicted molar refractivity (Wildman–Crippen MR) is 57.3 cm³/mol. The average Bonchev–Trinajstić information content (AvgIpc) is 2.63. The van der Waals surface area contributed by atoms with Crippen molar-refractivity contribution >= 4 is 5.69 Å². The van der Waals surface area contributed by atoms with E-state index in [2.05, 4.69) is 20.6 Å². The molecule has 0 spiro atoms. The fourth-order valence-corrected chi connectivity index (χ4v) is 1.24. The van der Waals surface area contributed by atoms with Gasteiger partial charge in [-0.2, -0.15) is 0 Å². The number of nitrogens with one attached hydrogen (secondary N) is 1. The van der Waals surface area contributed by atoms with Crippen LogP contribution in [0, 0.1) is 6.92 Å². The van der Waals surface area contributed by atoms with E-state index in [4.69, 9.17) is 0 Å². The molecule has 2 aromatic heterocycles. The highest BCUT2D eigenvalue weighted by molar-refractivity contribution is 5.40. The molecule has 2 rings (SSSR count). The number of anilines is 1. The first kappa shape index (κ1) is 9.64. The quantitative estimate of drug-likeness (QED) is 0.812. The Kier molecular flexibility index (Phi) is 2.62. The van der Waals surface area contributed by atoms with Gasteiger partial charge in [-0.3, -0.25) is 9.67 Å². The van der Waals surface area contributed by atoms with Crippen LogP contribution in [-0.4, -0.2) is 20.0 Å². The van der Waals surface area contributed by atoms with E-state index >= 15 is 0 Å². The third-order valence-electron chi connectivity index (χ3n) is 2.19.